The van der Waals surface area contributed by atoms with Crippen LogP contribution < -0.4 is 0 Å². The zero-order chi connectivity index (χ0) is 13.3. The van der Waals surface area contributed by atoms with Crippen molar-refractivity contribution in [1.82, 2.24) is 4.90 Å². The van der Waals surface area contributed by atoms with Crippen LogP contribution >= 0.6 is 23.2 Å². The molecule has 1 aliphatic carbocycles. The van der Waals surface area contributed by atoms with Crippen LogP contribution in [-0.2, 0) is 4.79 Å². The average Bonchev–Trinajstić information content (AvgIpc) is 3.12. The second-order valence-corrected chi connectivity index (χ2v) is 5.03. The molecule has 0 aliphatic heterocycles. The zero-order valence-electron chi connectivity index (χ0n) is 9.40. The first-order valence-corrected chi connectivity index (χ1v) is 6.22. The Morgan fingerprint density at radius 1 is 1.33 bits per heavy atom. The fourth-order valence-electron chi connectivity index (χ4n) is 1.71. The summed E-state index contributed by atoms with van der Waals surface area (Å²) in [5.41, 5.74) is 0.248. The Morgan fingerprint density at radius 2 is 2.00 bits per heavy atom. The highest BCUT2D eigenvalue weighted by molar-refractivity contribution is 6.35. The average molecular weight is 288 g/mol. The molecule has 2 rings (SSSR count). The summed E-state index contributed by atoms with van der Waals surface area (Å²) in [5.74, 6) is -1.42. The van der Waals surface area contributed by atoms with Gasteiger partial charge in [0.1, 0.15) is 6.54 Å². The molecule has 0 radical (unpaired) electrons. The molecule has 0 aromatic heterocycles. The van der Waals surface area contributed by atoms with Gasteiger partial charge in [-0.3, -0.25) is 9.59 Å². The Kier molecular flexibility index (Phi) is 3.78. The van der Waals surface area contributed by atoms with Crippen molar-refractivity contribution in [2.45, 2.75) is 18.9 Å². The molecular formula is C12H11Cl2NO3. The molecule has 0 bridgehead atoms. The lowest BCUT2D eigenvalue weighted by Crippen LogP contribution is -2.37. The van der Waals surface area contributed by atoms with Crippen LogP contribution in [0, 0.1) is 0 Å². The Bertz CT molecular complexity index is 500. The number of halogens is 2. The highest BCUT2D eigenvalue weighted by Gasteiger charge is 2.35. The number of carbonyl (C=O) groups is 2. The predicted molar refractivity (Wildman–Crippen MR) is 68.2 cm³/mol. The molecule has 4 nitrogen and oxygen atoms in total. The zero-order valence-corrected chi connectivity index (χ0v) is 10.9. The minimum atomic E-state index is -1.03. The highest BCUT2D eigenvalue weighted by Crippen LogP contribution is 2.30. The SMILES string of the molecule is O=C(O)CN(C(=O)c1cc(Cl)ccc1Cl)C1CC1. The summed E-state index contributed by atoms with van der Waals surface area (Å²) in [6.07, 6.45) is 1.66. The molecular weight excluding hydrogens is 277 g/mol. The van der Waals surface area contributed by atoms with Crippen molar-refractivity contribution in [1.29, 1.82) is 0 Å². The van der Waals surface area contributed by atoms with E-state index in [2.05, 4.69) is 0 Å². The molecule has 1 aromatic carbocycles. The fraction of sp³-hybridized carbons (Fsp3) is 0.333. The number of hydrogen-bond donors (Lipinski definition) is 1. The molecule has 0 atom stereocenters. The third kappa shape index (κ3) is 2.94. The van der Waals surface area contributed by atoms with Crippen LogP contribution in [-0.4, -0.2) is 34.5 Å². The highest BCUT2D eigenvalue weighted by atomic mass is 35.5. The van der Waals surface area contributed by atoms with Crippen LogP contribution in [0.5, 0.6) is 0 Å². The molecule has 0 saturated heterocycles. The molecule has 18 heavy (non-hydrogen) atoms. The lowest BCUT2D eigenvalue weighted by molar-refractivity contribution is -0.137. The number of carboxylic acid groups (broad SMARTS) is 1. The van der Waals surface area contributed by atoms with Crippen LogP contribution in [0.1, 0.15) is 23.2 Å². The number of rotatable bonds is 4. The van der Waals surface area contributed by atoms with Gasteiger partial charge in [0.25, 0.3) is 5.91 Å². The van der Waals surface area contributed by atoms with Gasteiger partial charge in [0.05, 0.1) is 10.6 Å². The third-order valence-electron chi connectivity index (χ3n) is 2.71. The van der Waals surface area contributed by atoms with Crippen molar-refractivity contribution in [3.05, 3.63) is 33.8 Å². The van der Waals surface area contributed by atoms with Gasteiger partial charge in [0.2, 0.25) is 0 Å². The maximum atomic E-state index is 12.3. The minimum Gasteiger partial charge on any atom is -0.480 e. The second kappa shape index (κ2) is 5.16. The summed E-state index contributed by atoms with van der Waals surface area (Å²) in [6, 6.07) is 4.58. The van der Waals surface area contributed by atoms with E-state index in [-0.39, 0.29) is 29.1 Å². The van der Waals surface area contributed by atoms with E-state index < -0.39 is 5.97 Å². The number of nitrogens with zero attached hydrogens (tertiary/aromatic N) is 1. The number of aliphatic carboxylic acids is 1. The van der Waals surface area contributed by atoms with Crippen LogP contribution in [0.4, 0.5) is 0 Å². The summed E-state index contributed by atoms with van der Waals surface area (Å²) in [4.78, 5) is 24.4. The molecule has 1 fully saturated rings. The largest absolute Gasteiger partial charge is 0.480 e. The van der Waals surface area contributed by atoms with Crippen molar-refractivity contribution in [2.75, 3.05) is 6.54 Å². The Labute approximate surface area is 114 Å². The van der Waals surface area contributed by atoms with Gasteiger partial charge in [-0.15, -0.1) is 0 Å². The maximum absolute atomic E-state index is 12.3. The van der Waals surface area contributed by atoms with Gasteiger partial charge in [0, 0.05) is 11.1 Å². The van der Waals surface area contributed by atoms with Gasteiger partial charge in [0.15, 0.2) is 0 Å². The Hall–Kier alpha value is -1.26. The van der Waals surface area contributed by atoms with Crippen molar-refractivity contribution >= 4 is 35.1 Å². The van der Waals surface area contributed by atoms with Gasteiger partial charge in [-0.1, -0.05) is 23.2 Å². The van der Waals surface area contributed by atoms with Crippen LogP contribution in [0.2, 0.25) is 10.0 Å². The number of amides is 1. The molecule has 0 spiro atoms. The van der Waals surface area contributed by atoms with Gasteiger partial charge in [-0.25, -0.2) is 0 Å². The number of benzene rings is 1. The topological polar surface area (TPSA) is 57.6 Å². The van der Waals surface area contributed by atoms with Crippen LogP contribution in [0.3, 0.4) is 0 Å². The molecule has 96 valence electrons. The summed E-state index contributed by atoms with van der Waals surface area (Å²) >= 11 is 11.8. The van der Waals surface area contributed by atoms with Gasteiger partial charge in [-0.05, 0) is 31.0 Å². The predicted octanol–water partition coefficient (Wildman–Crippen LogP) is 2.68. The van der Waals surface area contributed by atoms with E-state index in [1.165, 1.54) is 17.0 Å². The Balaban J connectivity index is 2.27. The Morgan fingerprint density at radius 3 is 2.56 bits per heavy atom. The van der Waals surface area contributed by atoms with Crippen molar-refractivity contribution in [2.24, 2.45) is 0 Å². The summed E-state index contributed by atoms with van der Waals surface area (Å²) in [7, 11) is 0. The van der Waals surface area contributed by atoms with Crippen molar-refractivity contribution in [3.63, 3.8) is 0 Å². The maximum Gasteiger partial charge on any atom is 0.323 e. The minimum absolute atomic E-state index is 0.00338. The van der Waals surface area contributed by atoms with Crippen LogP contribution in [0.15, 0.2) is 18.2 Å². The van der Waals surface area contributed by atoms with Gasteiger partial charge < -0.3 is 10.0 Å². The molecule has 1 saturated carbocycles. The van der Waals surface area contributed by atoms with E-state index in [1.54, 1.807) is 6.07 Å². The molecule has 0 unspecified atom stereocenters. The van der Waals surface area contributed by atoms with Crippen LogP contribution in [0.25, 0.3) is 0 Å². The standard InChI is InChI=1S/C12H11Cl2NO3/c13-7-1-4-10(14)9(5-7)12(18)15(6-11(16)17)8-2-3-8/h1,4-5,8H,2-3,6H2,(H,16,17). The van der Waals surface area contributed by atoms with Crippen molar-refractivity contribution < 1.29 is 14.7 Å². The van der Waals surface area contributed by atoms with E-state index in [0.29, 0.717) is 5.02 Å². The summed E-state index contributed by atoms with van der Waals surface area (Å²) in [5, 5.41) is 9.50. The van der Waals surface area contributed by atoms with E-state index in [9.17, 15) is 9.59 Å². The third-order valence-corrected chi connectivity index (χ3v) is 3.28. The quantitative estimate of drug-likeness (QED) is 0.926. The molecule has 1 amide bonds. The first kappa shape index (κ1) is 13.2. The smallest absolute Gasteiger partial charge is 0.323 e. The number of carbonyl (C=O) groups excluding carboxylic acids is 1. The van der Waals surface area contributed by atoms with E-state index in [0.717, 1.165) is 12.8 Å². The van der Waals surface area contributed by atoms with E-state index in [1.807, 2.05) is 0 Å². The summed E-state index contributed by atoms with van der Waals surface area (Å²) in [6.45, 7) is -0.313. The summed E-state index contributed by atoms with van der Waals surface area (Å²) < 4.78 is 0. The first-order chi connectivity index (χ1) is 8.49. The number of carboxylic acids is 1. The normalized spacial score (nSPS) is 14.3. The van der Waals surface area contributed by atoms with Gasteiger partial charge >= 0.3 is 5.97 Å². The second-order valence-electron chi connectivity index (χ2n) is 4.18. The molecule has 1 aromatic rings. The molecule has 6 heteroatoms. The first-order valence-electron chi connectivity index (χ1n) is 5.47. The molecule has 1 aliphatic rings. The molecule has 1 N–H and O–H groups in total. The van der Waals surface area contributed by atoms with Crippen molar-refractivity contribution in [3.8, 4) is 0 Å². The molecule has 0 heterocycles. The van der Waals surface area contributed by atoms with E-state index >= 15 is 0 Å². The fourth-order valence-corrected chi connectivity index (χ4v) is 2.09. The lowest BCUT2D eigenvalue weighted by atomic mass is 10.2. The van der Waals surface area contributed by atoms with E-state index in [4.69, 9.17) is 28.3 Å². The lowest BCUT2D eigenvalue weighted by Gasteiger charge is -2.20. The van der Waals surface area contributed by atoms with Gasteiger partial charge in [-0.2, -0.15) is 0 Å². The number of hydrogen-bond acceptors (Lipinski definition) is 2. The monoisotopic (exact) mass is 287 g/mol.